The molecule has 6 nitrogen and oxygen atoms in total. The number of Topliss-reactive ketones (excluding diaryl/α,β-unsaturated/α-hetero) is 1. The topological polar surface area (TPSA) is 74.2 Å². The molecule has 2 aliphatic rings. The Balaban J connectivity index is 0.00000156. The number of ether oxygens (including phenoxy) is 4. The molecular weight excluding hydrogens is 324 g/mol. The van der Waals surface area contributed by atoms with Gasteiger partial charge in [-0.1, -0.05) is 6.07 Å². The number of halogens is 1. The third-order valence-electron chi connectivity index (χ3n) is 3.62. The van der Waals surface area contributed by atoms with Gasteiger partial charge < -0.3 is 24.1 Å². The van der Waals surface area contributed by atoms with Crippen LogP contribution in [0.1, 0.15) is 22.0 Å². The van der Waals surface area contributed by atoms with Crippen LogP contribution in [0.2, 0.25) is 0 Å². The Morgan fingerprint density at radius 3 is 2.13 bits per heavy atom. The number of fused-ring (bicyclic) bond motifs is 2. The van der Waals surface area contributed by atoms with Crippen molar-refractivity contribution >= 4 is 18.2 Å². The molecule has 2 aromatic carbocycles. The number of hydrogen-bond acceptors (Lipinski definition) is 6. The van der Waals surface area contributed by atoms with Crippen LogP contribution in [-0.2, 0) is 0 Å². The standard InChI is InChI=1S/C16H12O6.ClH/c17-15(9-1-3-11-13(5-9)21-7-19-11)16(18)10-2-4-12-14(6-10)22-8-20-12;/h1-6,15,17H,7-8H2;1H. The molecule has 0 spiro atoms. The van der Waals surface area contributed by atoms with Crippen molar-refractivity contribution in [2.24, 2.45) is 0 Å². The van der Waals surface area contributed by atoms with E-state index in [9.17, 15) is 9.90 Å². The summed E-state index contributed by atoms with van der Waals surface area (Å²) >= 11 is 0. The summed E-state index contributed by atoms with van der Waals surface area (Å²) in [6, 6.07) is 9.75. The Bertz CT molecular complexity index is 760. The van der Waals surface area contributed by atoms with Gasteiger partial charge in [0.15, 0.2) is 28.8 Å². The molecule has 2 aromatic rings. The first kappa shape index (κ1) is 15.5. The Hall–Kier alpha value is -2.44. The first-order valence-corrected chi connectivity index (χ1v) is 6.74. The molecule has 1 N–H and O–H groups in total. The minimum absolute atomic E-state index is 0. The van der Waals surface area contributed by atoms with Crippen LogP contribution in [0, 0.1) is 0 Å². The zero-order chi connectivity index (χ0) is 15.1. The average Bonchev–Trinajstić information content (AvgIpc) is 3.20. The van der Waals surface area contributed by atoms with Crippen molar-refractivity contribution in [3.63, 3.8) is 0 Å². The van der Waals surface area contributed by atoms with E-state index in [1.807, 2.05) is 0 Å². The average molecular weight is 337 g/mol. The molecule has 0 saturated heterocycles. The monoisotopic (exact) mass is 336 g/mol. The first-order valence-electron chi connectivity index (χ1n) is 6.74. The third kappa shape index (κ3) is 2.67. The fourth-order valence-electron chi connectivity index (χ4n) is 2.44. The van der Waals surface area contributed by atoms with Gasteiger partial charge in [-0.05, 0) is 35.9 Å². The minimum atomic E-state index is -1.28. The van der Waals surface area contributed by atoms with Gasteiger partial charge in [-0.3, -0.25) is 4.79 Å². The number of ketones is 1. The van der Waals surface area contributed by atoms with E-state index in [2.05, 4.69) is 0 Å². The Morgan fingerprint density at radius 2 is 1.43 bits per heavy atom. The smallest absolute Gasteiger partial charge is 0.231 e. The molecule has 4 rings (SSSR count). The number of rotatable bonds is 3. The van der Waals surface area contributed by atoms with Gasteiger partial charge in [0.1, 0.15) is 6.10 Å². The quantitative estimate of drug-likeness (QED) is 0.868. The van der Waals surface area contributed by atoms with Gasteiger partial charge in [0, 0.05) is 5.56 Å². The van der Waals surface area contributed by atoms with Crippen molar-refractivity contribution in [2.75, 3.05) is 13.6 Å². The summed E-state index contributed by atoms with van der Waals surface area (Å²) in [4.78, 5) is 12.4. The van der Waals surface area contributed by atoms with E-state index in [1.165, 1.54) is 0 Å². The Labute approximate surface area is 137 Å². The lowest BCUT2D eigenvalue weighted by Crippen LogP contribution is -2.12. The molecule has 0 bridgehead atoms. The van der Waals surface area contributed by atoms with Gasteiger partial charge in [0.05, 0.1) is 0 Å². The van der Waals surface area contributed by atoms with Crippen LogP contribution >= 0.6 is 12.4 Å². The highest BCUT2D eigenvalue weighted by Crippen LogP contribution is 2.36. The van der Waals surface area contributed by atoms with E-state index in [0.717, 1.165) is 0 Å². The highest BCUT2D eigenvalue weighted by atomic mass is 35.5. The molecule has 0 fully saturated rings. The van der Waals surface area contributed by atoms with Gasteiger partial charge in [0.25, 0.3) is 0 Å². The predicted molar refractivity (Wildman–Crippen MR) is 81.7 cm³/mol. The molecule has 2 heterocycles. The third-order valence-corrected chi connectivity index (χ3v) is 3.62. The molecule has 1 atom stereocenters. The number of carbonyl (C=O) groups excluding carboxylic acids is 1. The highest BCUT2D eigenvalue weighted by molar-refractivity contribution is 6.00. The largest absolute Gasteiger partial charge is 0.454 e. The number of carbonyl (C=O) groups is 1. The van der Waals surface area contributed by atoms with Crippen molar-refractivity contribution in [3.05, 3.63) is 47.5 Å². The molecule has 2 aliphatic heterocycles. The molecule has 0 saturated carbocycles. The summed E-state index contributed by atoms with van der Waals surface area (Å²) in [5, 5.41) is 10.3. The van der Waals surface area contributed by atoms with E-state index >= 15 is 0 Å². The van der Waals surface area contributed by atoms with E-state index in [-0.39, 0.29) is 26.0 Å². The van der Waals surface area contributed by atoms with E-state index in [1.54, 1.807) is 36.4 Å². The minimum Gasteiger partial charge on any atom is -0.454 e. The molecule has 0 amide bonds. The molecule has 1 unspecified atom stereocenters. The maximum Gasteiger partial charge on any atom is 0.231 e. The Kier molecular flexibility index (Phi) is 4.02. The van der Waals surface area contributed by atoms with Crippen molar-refractivity contribution in [3.8, 4) is 23.0 Å². The lowest BCUT2D eigenvalue weighted by Gasteiger charge is -2.11. The van der Waals surface area contributed by atoms with Gasteiger partial charge in [-0.2, -0.15) is 0 Å². The second-order valence-corrected chi connectivity index (χ2v) is 4.95. The number of aliphatic hydroxyl groups excluding tert-OH is 1. The molecule has 0 aliphatic carbocycles. The summed E-state index contributed by atoms with van der Waals surface area (Å²) in [5.74, 6) is 1.80. The van der Waals surface area contributed by atoms with Gasteiger partial charge in [0.2, 0.25) is 13.6 Å². The second kappa shape index (κ2) is 5.98. The Morgan fingerprint density at radius 1 is 0.870 bits per heavy atom. The number of benzene rings is 2. The molecule has 7 heteroatoms. The fraction of sp³-hybridized carbons (Fsp3) is 0.188. The van der Waals surface area contributed by atoms with Crippen LogP contribution in [-0.4, -0.2) is 24.5 Å². The second-order valence-electron chi connectivity index (χ2n) is 4.95. The van der Waals surface area contributed by atoms with Crippen LogP contribution in [0.5, 0.6) is 23.0 Å². The maximum absolute atomic E-state index is 12.4. The van der Waals surface area contributed by atoms with Crippen molar-refractivity contribution in [1.29, 1.82) is 0 Å². The normalized spacial score (nSPS) is 15.0. The zero-order valence-corrected chi connectivity index (χ0v) is 12.7. The molecule has 23 heavy (non-hydrogen) atoms. The van der Waals surface area contributed by atoms with Crippen LogP contribution in [0.15, 0.2) is 36.4 Å². The summed E-state index contributed by atoms with van der Waals surface area (Å²) in [6.07, 6.45) is -1.28. The zero-order valence-electron chi connectivity index (χ0n) is 11.9. The summed E-state index contributed by atoms with van der Waals surface area (Å²) in [5.41, 5.74) is 0.807. The summed E-state index contributed by atoms with van der Waals surface area (Å²) in [7, 11) is 0. The lowest BCUT2D eigenvalue weighted by molar-refractivity contribution is 0.0747. The van der Waals surface area contributed by atoms with E-state index in [4.69, 9.17) is 18.9 Å². The van der Waals surface area contributed by atoms with Crippen molar-refractivity contribution < 1.29 is 28.8 Å². The van der Waals surface area contributed by atoms with E-state index in [0.29, 0.717) is 34.1 Å². The van der Waals surface area contributed by atoms with Crippen LogP contribution in [0.3, 0.4) is 0 Å². The van der Waals surface area contributed by atoms with Crippen molar-refractivity contribution in [2.45, 2.75) is 6.10 Å². The predicted octanol–water partition coefficient (Wildman–Crippen LogP) is 2.48. The number of aliphatic hydroxyl groups is 1. The lowest BCUT2D eigenvalue weighted by atomic mass is 9.99. The molecular formula is C16H13ClO6. The summed E-state index contributed by atoms with van der Waals surface area (Å²) in [6.45, 7) is 0.280. The fourth-order valence-corrected chi connectivity index (χ4v) is 2.44. The molecule has 0 radical (unpaired) electrons. The van der Waals surface area contributed by atoms with Crippen LogP contribution in [0.25, 0.3) is 0 Å². The van der Waals surface area contributed by atoms with Crippen molar-refractivity contribution in [1.82, 2.24) is 0 Å². The maximum atomic E-state index is 12.4. The first-order chi connectivity index (χ1) is 10.7. The summed E-state index contributed by atoms with van der Waals surface area (Å²) < 4.78 is 20.9. The SMILES string of the molecule is Cl.O=C(c1ccc2c(c1)OCO2)C(O)c1ccc2c(c1)OCO2. The number of hydrogen-bond donors (Lipinski definition) is 1. The van der Waals surface area contributed by atoms with Gasteiger partial charge in [-0.25, -0.2) is 0 Å². The van der Waals surface area contributed by atoms with Gasteiger partial charge >= 0.3 is 0 Å². The van der Waals surface area contributed by atoms with Crippen LogP contribution in [0.4, 0.5) is 0 Å². The van der Waals surface area contributed by atoms with E-state index < -0.39 is 11.9 Å². The van der Waals surface area contributed by atoms with Crippen LogP contribution < -0.4 is 18.9 Å². The molecule has 0 aromatic heterocycles. The highest BCUT2D eigenvalue weighted by Gasteiger charge is 2.24. The molecule has 120 valence electrons. The van der Waals surface area contributed by atoms with Gasteiger partial charge in [-0.15, -0.1) is 12.4 Å².